The van der Waals surface area contributed by atoms with E-state index in [4.69, 9.17) is 19.5 Å². The van der Waals surface area contributed by atoms with Crippen molar-refractivity contribution < 1.29 is 78.0 Å². The van der Waals surface area contributed by atoms with Crippen LogP contribution in [0, 0.1) is 45.0 Å². The average molecular weight is 652 g/mol. The molecule has 3 aliphatic rings. The van der Waals surface area contributed by atoms with Crippen LogP contribution >= 0.6 is 0 Å². The first-order valence-electron chi connectivity index (χ1n) is 9.03. The van der Waals surface area contributed by atoms with E-state index in [1.807, 2.05) is 6.92 Å². The summed E-state index contributed by atoms with van der Waals surface area (Å²) in [4.78, 5) is 2.40. The molecule has 0 bridgehead atoms. The molecule has 0 saturated carbocycles. The van der Waals surface area contributed by atoms with Gasteiger partial charge in [-0.3, -0.25) is 0 Å². The van der Waals surface area contributed by atoms with Gasteiger partial charge in [-0.1, -0.05) is 12.5 Å². The van der Waals surface area contributed by atoms with Gasteiger partial charge in [0.15, 0.2) is 6.29 Å². The largest absolute Gasteiger partial charge is 0.656 e. The minimum atomic E-state index is -0.0674. The van der Waals surface area contributed by atoms with Crippen molar-refractivity contribution in [1.29, 1.82) is 0 Å². The average Bonchev–Trinajstić information content (AvgIpc) is 3.12. The summed E-state index contributed by atoms with van der Waals surface area (Å²) in [5.41, 5.74) is 0. The number of rotatable bonds is 5. The van der Waals surface area contributed by atoms with E-state index in [0.29, 0.717) is 18.7 Å². The van der Waals surface area contributed by atoms with Crippen LogP contribution in [-0.2, 0) is 46.9 Å². The summed E-state index contributed by atoms with van der Waals surface area (Å²) in [6.07, 6.45) is 5.52. The van der Waals surface area contributed by atoms with Crippen LogP contribution in [0.1, 0.15) is 39.0 Å². The maximum atomic E-state index is 6.23. The van der Waals surface area contributed by atoms with E-state index >= 15 is 0 Å². The fourth-order valence-corrected chi connectivity index (χ4v) is 3.68. The summed E-state index contributed by atoms with van der Waals surface area (Å²) in [5.74, 6) is 0. The number of ether oxygens (including phenoxy) is 3. The van der Waals surface area contributed by atoms with Crippen molar-refractivity contribution >= 4 is 0 Å². The van der Waals surface area contributed by atoms with Gasteiger partial charge >= 0.3 is 0 Å². The molecule has 0 aromatic carbocycles. The molecule has 3 aliphatic heterocycles. The molecule has 5 atom stereocenters. The van der Waals surface area contributed by atoms with E-state index in [1.54, 1.807) is 0 Å². The van der Waals surface area contributed by atoms with Gasteiger partial charge in [0, 0.05) is 77.0 Å². The second-order valence-electron chi connectivity index (χ2n) is 6.50. The zero-order valence-corrected chi connectivity index (χ0v) is 22.9. The number of likely N-dealkylation sites (tertiary alicyclic amines) is 1. The van der Waals surface area contributed by atoms with Crippen molar-refractivity contribution in [2.75, 3.05) is 33.4 Å². The zero-order valence-electron chi connectivity index (χ0n) is 15.9. The Hall–Kier alpha value is 1.96. The van der Waals surface area contributed by atoms with Crippen LogP contribution in [0.5, 0.6) is 0 Å². The van der Waals surface area contributed by atoms with Crippen LogP contribution in [0.15, 0.2) is 0 Å². The van der Waals surface area contributed by atoms with Crippen LogP contribution in [0.3, 0.4) is 0 Å². The van der Waals surface area contributed by atoms with Crippen LogP contribution in [0.2, 0.25) is 0 Å². The molecule has 3 saturated heterocycles. The second kappa shape index (κ2) is 14.9. The number of fused-ring (bicyclic) bond motifs is 1. The van der Waals surface area contributed by atoms with E-state index in [0.717, 1.165) is 45.4 Å². The molecule has 5 nitrogen and oxygen atoms in total. The first-order valence-corrected chi connectivity index (χ1v) is 9.03. The zero-order chi connectivity index (χ0) is 16.7. The molecule has 7 heteroatoms. The maximum absolute atomic E-state index is 6.23. The molecular formula is C18H33N2O3UY-3. The summed E-state index contributed by atoms with van der Waals surface area (Å²) in [7, 11) is 2.18. The molecule has 0 N–H and O–H groups in total. The summed E-state index contributed by atoms with van der Waals surface area (Å²) >= 11 is 0. The first kappa shape index (κ1) is 27.0. The van der Waals surface area contributed by atoms with Gasteiger partial charge in [0.2, 0.25) is 0 Å². The van der Waals surface area contributed by atoms with Crippen molar-refractivity contribution in [3.63, 3.8) is 0 Å². The first-order chi connectivity index (χ1) is 11.2. The van der Waals surface area contributed by atoms with Gasteiger partial charge in [-0.2, -0.15) is 0 Å². The van der Waals surface area contributed by atoms with Crippen LogP contribution in [0.25, 0.3) is 5.32 Å². The fourth-order valence-electron chi connectivity index (χ4n) is 3.68. The Labute approximate surface area is 203 Å². The maximum Gasteiger partial charge on any atom is 0.158 e. The van der Waals surface area contributed by atoms with Crippen molar-refractivity contribution in [1.82, 2.24) is 4.90 Å². The third-order valence-corrected chi connectivity index (χ3v) is 4.72. The molecule has 0 amide bonds. The van der Waals surface area contributed by atoms with Gasteiger partial charge < -0.3 is 44.7 Å². The normalized spacial score (nSPS) is 34.3. The summed E-state index contributed by atoms with van der Waals surface area (Å²) in [6, 6.07) is 0.943. The molecule has 5 unspecified atom stereocenters. The van der Waals surface area contributed by atoms with Crippen molar-refractivity contribution in [2.24, 2.45) is 0 Å². The fraction of sp³-hybridized carbons (Fsp3) is 0.889. The molecule has 0 aromatic heterocycles. The molecule has 0 spiro atoms. The molecule has 1 radical (unpaired) electrons. The van der Waals surface area contributed by atoms with Gasteiger partial charge in [0.25, 0.3) is 0 Å². The van der Waals surface area contributed by atoms with Crippen molar-refractivity contribution in [2.45, 2.75) is 69.6 Å². The van der Waals surface area contributed by atoms with E-state index in [9.17, 15) is 0 Å². The van der Waals surface area contributed by atoms with Gasteiger partial charge in [-0.25, -0.2) is 0 Å². The minimum absolute atomic E-state index is 0. The van der Waals surface area contributed by atoms with Gasteiger partial charge in [0.05, 0.1) is 18.8 Å². The predicted octanol–water partition coefficient (Wildman–Crippen LogP) is 2.81. The van der Waals surface area contributed by atoms with Crippen molar-refractivity contribution in [3.05, 3.63) is 19.2 Å². The smallest absolute Gasteiger partial charge is 0.158 e. The Morgan fingerprint density at radius 3 is 2.64 bits per heavy atom. The van der Waals surface area contributed by atoms with E-state index in [1.165, 1.54) is 6.42 Å². The summed E-state index contributed by atoms with van der Waals surface area (Å²) < 4.78 is 17.7. The van der Waals surface area contributed by atoms with Gasteiger partial charge in [-0.15, -0.1) is 6.54 Å². The van der Waals surface area contributed by atoms with Gasteiger partial charge in [0.1, 0.15) is 0 Å². The Kier molecular flexibility index (Phi) is 16.0. The third-order valence-electron chi connectivity index (χ3n) is 4.72. The van der Waals surface area contributed by atoms with Crippen LogP contribution in [-0.4, -0.2) is 68.8 Å². The minimum Gasteiger partial charge on any atom is -0.656 e. The molecule has 0 aromatic rings. The standard InChI is InChI=1S/C15H27N2O3.C3H6.U.Y/c1-3-18-10-11-5-4-6-14(19-11)20-13-9-17(2)12-7-8-16-15(12)13;1-3-2;;/h11-15H,3-10H2,1-2H3;1-3H2;;/q-1;-2;;. The van der Waals surface area contributed by atoms with Crippen LogP contribution in [0.4, 0.5) is 0 Å². The molecule has 3 fully saturated rings. The van der Waals surface area contributed by atoms with Crippen molar-refractivity contribution in [3.8, 4) is 0 Å². The summed E-state index contributed by atoms with van der Waals surface area (Å²) in [6.45, 7) is 12.2. The number of nitrogens with zero attached hydrogens (tertiary/aromatic N) is 2. The Balaban J connectivity index is 0.00000108. The third kappa shape index (κ3) is 8.46. The number of hydrogen-bond donors (Lipinski definition) is 0. The second-order valence-corrected chi connectivity index (χ2v) is 6.50. The molecule has 3 rings (SSSR count). The Morgan fingerprint density at radius 2 is 1.96 bits per heavy atom. The monoisotopic (exact) mass is 652 g/mol. The molecule has 143 valence electrons. The molecule has 25 heavy (non-hydrogen) atoms. The van der Waals surface area contributed by atoms with Gasteiger partial charge in [-0.05, 0) is 39.3 Å². The van der Waals surface area contributed by atoms with E-state index < -0.39 is 0 Å². The Bertz CT molecular complexity index is 341. The molecule has 0 aliphatic carbocycles. The number of hydrogen-bond acceptors (Lipinski definition) is 4. The quantitative estimate of drug-likeness (QED) is 0.429. The number of likely N-dealkylation sites (N-methyl/N-ethyl adjacent to an activating group) is 1. The molecule has 3 heterocycles. The Morgan fingerprint density at radius 1 is 1.24 bits per heavy atom. The summed E-state index contributed by atoms with van der Waals surface area (Å²) in [5, 5.41) is 4.72. The predicted molar refractivity (Wildman–Crippen MR) is 92.3 cm³/mol. The SMILES string of the molecule is CCOCC1CCCC(OC2CN(C)C3CC[N-]C23)O1.[CH2-]C[CH2-].[U].[Y]. The topological polar surface area (TPSA) is 45.0 Å². The molecular weight excluding hydrogens is 619 g/mol. The van der Waals surface area contributed by atoms with E-state index in [2.05, 4.69) is 25.8 Å². The van der Waals surface area contributed by atoms with Crippen LogP contribution < -0.4 is 0 Å². The van der Waals surface area contributed by atoms with E-state index in [-0.39, 0.29) is 82.3 Å².